The van der Waals surface area contributed by atoms with Gasteiger partial charge in [0, 0.05) is 5.41 Å². The van der Waals surface area contributed by atoms with E-state index in [2.05, 4.69) is 72.8 Å². The van der Waals surface area contributed by atoms with E-state index in [9.17, 15) is 25.2 Å². The molecule has 4 N–H and O–H groups in total. The van der Waals surface area contributed by atoms with Crippen LogP contribution < -0.4 is 0 Å². The molecule has 0 radical (unpaired) electrons. The standard InChI is InChI=1S/C36H56O8/c1-21(2)9-8-10-22(3)17-23-11-12-26-34(6)15-14-27(44-32-31(41)30(40)29(39)24(19-37)43-32)33(4,5)25(34)13-16-35(26,7)36(23)18-28(38)42-20-36/h8-10,17,23-27,29-32,37,39-41H,11-16,18-20H2,1-7H3/b10-8+,22-17+/t23-,24-,25+,26-,27+,29-,30+,31-,32+,34+,35-,36+/m1/s1. The van der Waals surface area contributed by atoms with Crippen LogP contribution in [-0.4, -0.2) is 76.4 Å². The van der Waals surface area contributed by atoms with Gasteiger partial charge in [0.2, 0.25) is 0 Å². The highest BCUT2D eigenvalue weighted by Gasteiger charge is 2.70. The second kappa shape index (κ2) is 12.2. The molecule has 0 aromatic rings. The Hall–Kier alpha value is -1.55. The normalized spacial score (nSPS) is 47.3. The summed E-state index contributed by atoms with van der Waals surface area (Å²) in [7, 11) is 0. The van der Waals surface area contributed by atoms with Gasteiger partial charge in [-0.2, -0.15) is 0 Å². The summed E-state index contributed by atoms with van der Waals surface area (Å²) < 4.78 is 18.0. The SMILES string of the molecule is CC(C)=C/C=C/C(C)=C/[C@H]1CC[C@@H]2[C@@]3(C)CC[C@H](O[C@@H]4O[C@H](CO)[C@@H](O)[C@H](O)[C@H]4O)C(C)(C)[C@@H]3CC[C@@]2(C)[C@@]12COC(=O)C2. The molecule has 0 bridgehead atoms. The van der Waals surface area contributed by atoms with Crippen molar-refractivity contribution in [2.75, 3.05) is 13.2 Å². The van der Waals surface area contributed by atoms with Crippen LogP contribution in [0.3, 0.4) is 0 Å². The summed E-state index contributed by atoms with van der Waals surface area (Å²) in [6.07, 6.45) is 8.48. The fourth-order valence-electron chi connectivity index (χ4n) is 10.6. The van der Waals surface area contributed by atoms with Gasteiger partial charge < -0.3 is 34.6 Å². The second-order valence-electron chi connectivity index (χ2n) is 15.9. The number of aliphatic hydroxyl groups is 4. The molecule has 3 saturated carbocycles. The Labute approximate surface area is 263 Å². The maximum absolute atomic E-state index is 12.9. The van der Waals surface area contributed by atoms with Gasteiger partial charge in [0.05, 0.1) is 25.7 Å². The number of hydrogen-bond donors (Lipinski definition) is 4. The highest BCUT2D eigenvalue weighted by molar-refractivity contribution is 5.73. The van der Waals surface area contributed by atoms with Gasteiger partial charge in [-0.25, -0.2) is 0 Å². The minimum absolute atomic E-state index is 0.0253. The van der Waals surface area contributed by atoms with Crippen LogP contribution >= 0.6 is 0 Å². The van der Waals surface area contributed by atoms with Crippen LogP contribution in [0, 0.1) is 39.4 Å². The van der Waals surface area contributed by atoms with Crippen LogP contribution in [0.1, 0.15) is 93.4 Å². The summed E-state index contributed by atoms with van der Waals surface area (Å²) in [5.74, 6) is 0.951. The quantitative estimate of drug-likeness (QED) is 0.190. The molecule has 8 nitrogen and oxygen atoms in total. The highest BCUT2D eigenvalue weighted by atomic mass is 16.7. The molecule has 44 heavy (non-hydrogen) atoms. The molecule has 5 aliphatic rings. The predicted molar refractivity (Wildman–Crippen MR) is 167 cm³/mol. The average molecular weight is 617 g/mol. The van der Waals surface area contributed by atoms with Gasteiger partial charge in [-0.15, -0.1) is 0 Å². The van der Waals surface area contributed by atoms with E-state index in [0.29, 0.717) is 24.9 Å². The smallest absolute Gasteiger partial charge is 0.306 e. The number of allylic oxidation sites excluding steroid dienone is 6. The van der Waals surface area contributed by atoms with Crippen molar-refractivity contribution in [1.29, 1.82) is 0 Å². The zero-order valence-corrected chi connectivity index (χ0v) is 27.8. The predicted octanol–water partition coefficient (Wildman–Crippen LogP) is 4.84. The maximum Gasteiger partial charge on any atom is 0.306 e. The van der Waals surface area contributed by atoms with Crippen molar-refractivity contribution in [2.45, 2.75) is 130 Å². The van der Waals surface area contributed by atoms with Gasteiger partial charge in [-0.05, 0) is 93.3 Å². The molecule has 2 aliphatic heterocycles. The third kappa shape index (κ3) is 5.45. The zero-order valence-electron chi connectivity index (χ0n) is 27.8. The van der Waals surface area contributed by atoms with Gasteiger partial charge in [0.25, 0.3) is 0 Å². The molecule has 0 unspecified atom stereocenters. The molecular weight excluding hydrogens is 560 g/mol. The number of aliphatic hydroxyl groups excluding tert-OH is 4. The van der Waals surface area contributed by atoms with Gasteiger partial charge in [-0.1, -0.05) is 63.1 Å². The Bertz CT molecular complexity index is 1170. The molecule has 8 heteroatoms. The van der Waals surface area contributed by atoms with Gasteiger partial charge in [-0.3, -0.25) is 4.79 Å². The lowest BCUT2D eigenvalue weighted by atomic mass is 9.35. The van der Waals surface area contributed by atoms with Crippen molar-refractivity contribution in [3.63, 3.8) is 0 Å². The van der Waals surface area contributed by atoms with Crippen LogP contribution in [-0.2, 0) is 19.0 Å². The second-order valence-corrected chi connectivity index (χ2v) is 15.9. The molecule has 248 valence electrons. The number of rotatable bonds is 6. The van der Waals surface area contributed by atoms with Gasteiger partial charge >= 0.3 is 5.97 Å². The Morgan fingerprint density at radius 2 is 1.68 bits per heavy atom. The maximum atomic E-state index is 12.9. The molecular formula is C36H56O8. The molecule has 0 amide bonds. The molecule has 0 aromatic heterocycles. The zero-order chi connectivity index (χ0) is 32.2. The molecule has 12 atom stereocenters. The van der Waals surface area contributed by atoms with Crippen LogP contribution in [0.25, 0.3) is 0 Å². The fraction of sp³-hybridized carbons (Fsp3) is 0.806. The first-order valence-electron chi connectivity index (χ1n) is 16.7. The number of cyclic esters (lactones) is 1. The van der Waals surface area contributed by atoms with E-state index in [1.807, 2.05) is 0 Å². The molecule has 3 aliphatic carbocycles. The number of esters is 1. The van der Waals surface area contributed by atoms with E-state index >= 15 is 0 Å². The molecule has 2 heterocycles. The third-order valence-corrected chi connectivity index (χ3v) is 13.0. The fourth-order valence-corrected chi connectivity index (χ4v) is 10.6. The van der Waals surface area contributed by atoms with Gasteiger partial charge in [0.1, 0.15) is 24.4 Å². The third-order valence-electron chi connectivity index (χ3n) is 13.0. The summed E-state index contributed by atoms with van der Waals surface area (Å²) in [6.45, 7) is 15.8. The van der Waals surface area contributed by atoms with Crippen molar-refractivity contribution < 1.29 is 39.4 Å². The van der Waals surface area contributed by atoms with E-state index in [1.165, 1.54) is 11.1 Å². The lowest BCUT2D eigenvalue weighted by molar-refractivity contribution is -0.331. The summed E-state index contributed by atoms with van der Waals surface area (Å²) in [5.41, 5.74) is 1.95. The minimum Gasteiger partial charge on any atom is -0.465 e. The van der Waals surface area contributed by atoms with E-state index in [-0.39, 0.29) is 39.7 Å². The Balaban J connectivity index is 1.41. The lowest BCUT2D eigenvalue weighted by Gasteiger charge is -2.69. The summed E-state index contributed by atoms with van der Waals surface area (Å²) in [5, 5.41) is 41.0. The van der Waals surface area contributed by atoms with Crippen LogP contribution in [0.5, 0.6) is 0 Å². The van der Waals surface area contributed by atoms with E-state index < -0.39 is 37.3 Å². The largest absolute Gasteiger partial charge is 0.465 e. The number of fused-ring (bicyclic) bond motifs is 4. The monoisotopic (exact) mass is 616 g/mol. The molecule has 1 spiro atoms. The van der Waals surface area contributed by atoms with Crippen LogP contribution in [0.4, 0.5) is 0 Å². The first-order valence-corrected chi connectivity index (χ1v) is 16.7. The highest BCUT2D eigenvalue weighted by Crippen LogP contribution is 2.74. The average Bonchev–Trinajstić information content (AvgIpc) is 3.35. The lowest BCUT2D eigenvalue weighted by Crippen LogP contribution is -2.66. The van der Waals surface area contributed by atoms with Crippen LogP contribution in [0.2, 0.25) is 0 Å². The molecule has 0 aromatic carbocycles. The van der Waals surface area contributed by atoms with Gasteiger partial charge in [0.15, 0.2) is 6.29 Å². The Kier molecular flexibility index (Phi) is 9.40. The van der Waals surface area contributed by atoms with Crippen molar-refractivity contribution in [1.82, 2.24) is 0 Å². The number of carbonyl (C=O) groups excluding carboxylic acids is 1. The molecule has 5 fully saturated rings. The molecule has 5 rings (SSSR count). The topological polar surface area (TPSA) is 126 Å². The first kappa shape index (κ1) is 33.8. The minimum atomic E-state index is -1.46. The molecule has 2 saturated heterocycles. The van der Waals surface area contributed by atoms with Crippen molar-refractivity contribution in [3.05, 3.63) is 35.5 Å². The van der Waals surface area contributed by atoms with Crippen molar-refractivity contribution in [3.8, 4) is 0 Å². The Morgan fingerprint density at radius 1 is 0.955 bits per heavy atom. The number of carbonyl (C=O) groups is 1. The van der Waals surface area contributed by atoms with E-state index in [4.69, 9.17) is 14.2 Å². The van der Waals surface area contributed by atoms with E-state index in [0.717, 1.165) is 38.5 Å². The summed E-state index contributed by atoms with van der Waals surface area (Å²) >= 11 is 0. The number of ether oxygens (including phenoxy) is 3. The number of hydrogen-bond acceptors (Lipinski definition) is 8. The first-order chi connectivity index (χ1) is 20.6. The Morgan fingerprint density at radius 3 is 2.32 bits per heavy atom. The van der Waals surface area contributed by atoms with Crippen molar-refractivity contribution in [2.24, 2.45) is 39.4 Å². The summed E-state index contributed by atoms with van der Waals surface area (Å²) in [6, 6.07) is 0. The van der Waals surface area contributed by atoms with Crippen molar-refractivity contribution >= 4 is 5.97 Å². The van der Waals surface area contributed by atoms with E-state index in [1.54, 1.807) is 0 Å². The summed E-state index contributed by atoms with van der Waals surface area (Å²) in [4.78, 5) is 12.9. The van der Waals surface area contributed by atoms with Crippen LogP contribution in [0.15, 0.2) is 35.5 Å².